The van der Waals surface area contributed by atoms with E-state index in [1.807, 2.05) is 0 Å². The molecule has 1 fully saturated rings. The normalized spacial score (nSPS) is 21.2. The van der Waals surface area contributed by atoms with E-state index >= 15 is 0 Å². The fourth-order valence-electron chi connectivity index (χ4n) is 2.23. The molecule has 1 heterocycles. The highest BCUT2D eigenvalue weighted by molar-refractivity contribution is 5.45. The van der Waals surface area contributed by atoms with Gasteiger partial charge >= 0.3 is 6.18 Å². The van der Waals surface area contributed by atoms with Gasteiger partial charge < -0.3 is 10.2 Å². The van der Waals surface area contributed by atoms with E-state index in [0.29, 0.717) is 5.92 Å². The lowest BCUT2D eigenvalue weighted by molar-refractivity contribution is -0.137. The Morgan fingerprint density at radius 1 is 1.28 bits per heavy atom. The average molecular weight is 258 g/mol. The second kappa shape index (κ2) is 5.18. The second-order valence-electron chi connectivity index (χ2n) is 4.87. The van der Waals surface area contributed by atoms with Crippen LogP contribution in [0.15, 0.2) is 24.3 Å². The minimum absolute atomic E-state index is 0.581. The predicted molar refractivity (Wildman–Crippen MR) is 65.5 cm³/mol. The van der Waals surface area contributed by atoms with Crippen LogP contribution in [0.4, 0.5) is 18.9 Å². The summed E-state index contributed by atoms with van der Waals surface area (Å²) in [5.41, 5.74) is 0.145. The molecular formula is C13H17F3N2. The van der Waals surface area contributed by atoms with E-state index in [9.17, 15) is 13.2 Å². The molecule has 1 aromatic rings. The molecule has 0 saturated carbocycles. The monoisotopic (exact) mass is 258 g/mol. The number of likely N-dealkylation sites (tertiary alicyclic amines) is 1. The molecule has 1 unspecified atom stereocenters. The van der Waals surface area contributed by atoms with Gasteiger partial charge in [0.05, 0.1) is 5.56 Å². The molecule has 0 aromatic heterocycles. The predicted octanol–water partition coefficient (Wildman–Crippen LogP) is 3.07. The molecule has 1 aliphatic heterocycles. The summed E-state index contributed by atoms with van der Waals surface area (Å²) in [6, 6.07) is 5.20. The van der Waals surface area contributed by atoms with Gasteiger partial charge in [-0.3, -0.25) is 0 Å². The minimum atomic E-state index is -4.26. The number of anilines is 1. The van der Waals surface area contributed by atoms with E-state index in [-0.39, 0.29) is 0 Å². The Hall–Kier alpha value is -1.23. The van der Waals surface area contributed by atoms with Crippen molar-refractivity contribution in [3.05, 3.63) is 29.8 Å². The van der Waals surface area contributed by atoms with Crippen molar-refractivity contribution in [2.75, 3.05) is 32.0 Å². The number of nitrogens with zero attached hydrogens (tertiary/aromatic N) is 1. The molecule has 1 aromatic carbocycles. The van der Waals surface area contributed by atoms with Crippen LogP contribution in [0.2, 0.25) is 0 Å². The van der Waals surface area contributed by atoms with Crippen LogP contribution in [0.5, 0.6) is 0 Å². The third-order valence-corrected chi connectivity index (χ3v) is 3.30. The summed E-state index contributed by atoms with van der Waals surface area (Å²) in [6.07, 6.45) is -3.11. The lowest BCUT2D eigenvalue weighted by Crippen LogP contribution is -2.19. The lowest BCUT2D eigenvalue weighted by Gasteiger charge is -2.13. The van der Waals surface area contributed by atoms with Crippen LogP contribution in [0, 0.1) is 5.92 Å². The van der Waals surface area contributed by atoms with Gasteiger partial charge in [-0.25, -0.2) is 0 Å². The molecule has 1 aliphatic rings. The summed E-state index contributed by atoms with van der Waals surface area (Å²) in [4.78, 5) is 2.26. The molecule has 1 saturated heterocycles. The standard InChI is InChI=1S/C13H17F3N2/c1-18-7-6-10(9-18)8-17-12-4-2-11(3-5-12)13(14,15)16/h2-5,10,17H,6-9H2,1H3. The molecule has 18 heavy (non-hydrogen) atoms. The largest absolute Gasteiger partial charge is 0.416 e. The van der Waals surface area contributed by atoms with Crippen molar-refractivity contribution in [2.24, 2.45) is 5.92 Å². The molecule has 1 N–H and O–H groups in total. The van der Waals surface area contributed by atoms with Gasteiger partial charge in [0.15, 0.2) is 0 Å². The zero-order valence-corrected chi connectivity index (χ0v) is 10.3. The molecule has 2 nitrogen and oxygen atoms in total. The quantitative estimate of drug-likeness (QED) is 0.896. The van der Waals surface area contributed by atoms with Gasteiger partial charge in [0, 0.05) is 18.8 Å². The molecule has 0 bridgehead atoms. The summed E-state index contributed by atoms with van der Waals surface area (Å²) in [5.74, 6) is 0.581. The van der Waals surface area contributed by atoms with Gasteiger partial charge in [-0.15, -0.1) is 0 Å². The zero-order valence-electron chi connectivity index (χ0n) is 10.3. The summed E-state index contributed by atoms with van der Waals surface area (Å²) < 4.78 is 37.1. The molecule has 5 heteroatoms. The summed E-state index contributed by atoms with van der Waals surface area (Å²) in [7, 11) is 2.08. The van der Waals surface area contributed by atoms with Crippen molar-refractivity contribution in [1.82, 2.24) is 4.90 Å². The number of benzene rings is 1. The number of hydrogen-bond acceptors (Lipinski definition) is 2. The van der Waals surface area contributed by atoms with Crippen molar-refractivity contribution >= 4 is 5.69 Å². The molecule has 2 rings (SSSR count). The third kappa shape index (κ3) is 3.38. The SMILES string of the molecule is CN1CCC(CNc2ccc(C(F)(F)F)cc2)C1. The molecule has 1 atom stereocenters. The van der Waals surface area contributed by atoms with E-state index in [1.54, 1.807) is 0 Å². The summed E-state index contributed by atoms with van der Waals surface area (Å²) >= 11 is 0. The second-order valence-corrected chi connectivity index (χ2v) is 4.87. The molecule has 0 amide bonds. The number of rotatable bonds is 3. The number of alkyl halides is 3. The van der Waals surface area contributed by atoms with E-state index in [1.165, 1.54) is 12.1 Å². The first-order chi connectivity index (χ1) is 8.45. The van der Waals surface area contributed by atoms with E-state index in [4.69, 9.17) is 0 Å². The first kappa shape index (κ1) is 13.2. The molecular weight excluding hydrogens is 241 g/mol. The molecule has 0 aliphatic carbocycles. The Morgan fingerprint density at radius 3 is 2.44 bits per heavy atom. The van der Waals surface area contributed by atoms with Gasteiger partial charge in [0.25, 0.3) is 0 Å². The lowest BCUT2D eigenvalue weighted by atomic mass is 10.1. The summed E-state index contributed by atoms with van der Waals surface area (Å²) in [6.45, 7) is 2.96. The van der Waals surface area contributed by atoms with Crippen LogP contribution < -0.4 is 5.32 Å². The number of hydrogen-bond donors (Lipinski definition) is 1. The van der Waals surface area contributed by atoms with Gasteiger partial charge in [0.2, 0.25) is 0 Å². The summed E-state index contributed by atoms with van der Waals surface area (Å²) in [5, 5.41) is 3.19. The van der Waals surface area contributed by atoms with Crippen molar-refractivity contribution in [2.45, 2.75) is 12.6 Å². The highest BCUT2D eigenvalue weighted by Crippen LogP contribution is 2.29. The van der Waals surface area contributed by atoms with Crippen molar-refractivity contribution in [1.29, 1.82) is 0 Å². The van der Waals surface area contributed by atoms with Gasteiger partial charge in [-0.2, -0.15) is 13.2 Å². The first-order valence-corrected chi connectivity index (χ1v) is 6.05. The van der Waals surface area contributed by atoms with Crippen LogP contribution in [0.1, 0.15) is 12.0 Å². The zero-order chi connectivity index (χ0) is 13.2. The minimum Gasteiger partial charge on any atom is -0.385 e. The maximum atomic E-state index is 12.4. The van der Waals surface area contributed by atoms with Crippen LogP contribution in [0.25, 0.3) is 0 Å². The third-order valence-electron chi connectivity index (χ3n) is 3.30. The molecule has 0 radical (unpaired) electrons. The Balaban J connectivity index is 1.87. The van der Waals surface area contributed by atoms with Crippen LogP contribution in [0.3, 0.4) is 0 Å². The van der Waals surface area contributed by atoms with E-state index in [0.717, 1.165) is 43.9 Å². The van der Waals surface area contributed by atoms with Crippen molar-refractivity contribution < 1.29 is 13.2 Å². The topological polar surface area (TPSA) is 15.3 Å². The maximum absolute atomic E-state index is 12.4. The Bertz CT molecular complexity index is 386. The van der Waals surface area contributed by atoms with Crippen LogP contribution in [-0.2, 0) is 6.18 Å². The highest BCUT2D eigenvalue weighted by atomic mass is 19.4. The Morgan fingerprint density at radius 2 is 1.94 bits per heavy atom. The maximum Gasteiger partial charge on any atom is 0.416 e. The fourth-order valence-corrected chi connectivity index (χ4v) is 2.23. The number of nitrogens with one attached hydrogen (secondary N) is 1. The van der Waals surface area contributed by atoms with E-state index < -0.39 is 11.7 Å². The molecule has 100 valence electrons. The van der Waals surface area contributed by atoms with E-state index in [2.05, 4.69) is 17.3 Å². The van der Waals surface area contributed by atoms with Gasteiger partial charge in [-0.1, -0.05) is 0 Å². The van der Waals surface area contributed by atoms with Crippen molar-refractivity contribution in [3.8, 4) is 0 Å². The molecule has 0 spiro atoms. The Kier molecular flexibility index (Phi) is 3.80. The van der Waals surface area contributed by atoms with Crippen molar-refractivity contribution in [3.63, 3.8) is 0 Å². The fraction of sp³-hybridized carbons (Fsp3) is 0.538. The van der Waals surface area contributed by atoms with Gasteiger partial charge in [0.1, 0.15) is 0 Å². The average Bonchev–Trinajstić information content (AvgIpc) is 2.72. The smallest absolute Gasteiger partial charge is 0.385 e. The van der Waals surface area contributed by atoms with Gasteiger partial charge in [-0.05, 0) is 50.2 Å². The first-order valence-electron chi connectivity index (χ1n) is 6.05. The van der Waals surface area contributed by atoms with Crippen LogP contribution in [-0.4, -0.2) is 31.6 Å². The number of halogens is 3. The highest BCUT2D eigenvalue weighted by Gasteiger charge is 2.29. The van der Waals surface area contributed by atoms with Crippen LogP contribution >= 0.6 is 0 Å². The Labute approximate surface area is 105 Å².